The molecule has 0 aromatic heterocycles. The summed E-state index contributed by atoms with van der Waals surface area (Å²) in [5, 5.41) is 3.42. The van der Waals surface area contributed by atoms with E-state index >= 15 is 0 Å². The van der Waals surface area contributed by atoms with Crippen LogP contribution < -0.4 is 10.1 Å². The van der Waals surface area contributed by atoms with Crippen LogP contribution in [0, 0.1) is 0 Å². The van der Waals surface area contributed by atoms with E-state index in [1.807, 2.05) is 24.3 Å². The predicted octanol–water partition coefficient (Wildman–Crippen LogP) is 5.30. The van der Waals surface area contributed by atoms with Gasteiger partial charge in [-0.1, -0.05) is 41.9 Å². The van der Waals surface area contributed by atoms with E-state index in [1.54, 1.807) is 0 Å². The van der Waals surface area contributed by atoms with E-state index in [-0.39, 0.29) is 0 Å². The Kier molecular flexibility index (Phi) is 6.27. The highest BCUT2D eigenvalue weighted by Crippen LogP contribution is 2.28. The molecule has 0 fully saturated rings. The summed E-state index contributed by atoms with van der Waals surface area (Å²) in [6.45, 7) is 6.15. The fraction of sp³-hybridized carbons (Fsp3) is 0.333. The molecule has 2 rings (SSSR count). The summed E-state index contributed by atoms with van der Waals surface area (Å²) in [4.78, 5) is 0. The second kappa shape index (κ2) is 8.20. The molecule has 21 heavy (non-hydrogen) atoms. The van der Waals surface area contributed by atoms with E-state index in [2.05, 4.69) is 53.3 Å². The van der Waals surface area contributed by atoms with Crippen molar-refractivity contribution in [2.75, 3.05) is 6.54 Å². The molecular weight excluding hydrogens is 326 g/mol. The Bertz CT molecular complexity index is 566. The highest BCUT2D eigenvalue weighted by molar-refractivity contribution is 9.10. The van der Waals surface area contributed by atoms with Crippen LogP contribution in [0.25, 0.3) is 0 Å². The Labute approximate surface area is 135 Å². The van der Waals surface area contributed by atoms with Crippen LogP contribution in [0.15, 0.2) is 46.9 Å². The van der Waals surface area contributed by atoms with Gasteiger partial charge in [-0.25, -0.2) is 0 Å². The molecule has 0 saturated carbocycles. The molecule has 0 atom stereocenters. The zero-order valence-corrected chi connectivity index (χ0v) is 14.2. The van der Waals surface area contributed by atoms with Gasteiger partial charge in [0, 0.05) is 16.6 Å². The number of benzene rings is 2. The Morgan fingerprint density at radius 1 is 1.05 bits per heavy atom. The first kappa shape index (κ1) is 16.1. The van der Waals surface area contributed by atoms with E-state index in [0.29, 0.717) is 0 Å². The summed E-state index contributed by atoms with van der Waals surface area (Å²) in [6, 6.07) is 14.4. The lowest BCUT2D eigenvalue weighted by Crippen LogP contribution is -2.14. The highest BCUT2D eigenvalue weighted by atomic mass is 79.9. The van der Waals surface area contributed by atoms with Gasteiger partial charge in [-0.05, 0) is 55.3 Å². The quantitative estimate of drug-likeness (QED) is 0.685. The van der Waals surface area contributed by atoms with Gasteiger partial charge in [0.05, 0.1) is 0 Å². The zero-order valence-electron chi connectivity index (χ0n) is 12.7. The molecule has 2 aromatic carbocycles. The average Bonchev–Trinajstić information content (AvgIpc) is 2.51. The van der Waals surface area contributed by atoms with Crippen molar-refractivity contribution in [2.45, 2.75) is 33.2 Å². The number of halogens is 1. The molecule has 0 aliphatic carbocycles. The largest absolute Gasteiger partial charge is 0.457 e. The van der Waals surface area contributed by atoms with Crippen molar-refractivity contribution >= 4 is 15.9 Å². The first-order valence-corrected chi connectivity index (χ1v) is 8.28. The minimum Gasteiger partial charge on any atom is -0.457 e. The summed E-state index contributed by atoms with van der Waals surface area (Å²) in [7, 11) is 0. The lowest BCUT2D eigenvalue weighted by atomic mass is 10.1. The molecule has 0 heterocycles. The van der Waals surface area contributed by atoms with Crippen molar-refractivity contribution in [1.82, 2.24) is 5.32 Å². The Balaban J connectivity index is 2.13. The standard InChI is InChI=1S/C18H22BrNO/c1-3-11-20-13-15-12-16(19)7-10-18(15)21-17-8-5-14(4-2)6-9-17/h5-10,12,20H,3-4,11,13H2,1-2H3. The fourth-order valence-corrected chi connectivity index (χ4v) is 2.51. The third-order valence-electron chi connectivity index (χ3n) is 3.32. The summed E-state index contributed by atoms with van der Waals surface area (Å²) in [5.41, 5.74) is 2.49. The number of rotatable bonds is 7. The van der Waals surface area contributed by atoms with Crippen LogP contribution in [-0.2, 0) is 13.0 Å². The molecule has 2 aromatic rings. The maximum atomic E-state index is 6.03. The first-order chi connectivity index (χ1) is 10.2. The number of hydrogen-bond acceptors (Lipinski definition) is 2. The topological polar surface area (TPSA) is 21.3 Å². The fourth-order valence-electron chi connectivity index (χ4n) is 2.11. The number of nitrogens with one attached hydrogen (secondary N) is 1. The smallest absolute Gasteiger partial charge is 0.131 e. The van der Waals surface area contributed by atoms with Crippen LogP contribution in [0.4, 0.5) is 0 Å². The van der Waals surface area contributed by atoms with Gasteiger partial charge >= 0.3 is 0 Å². The number of ether oxygens (including phenoxy) is 1. The molecule has 0 aliphatic rings. The molecule has 0 unspecified atom stereocenters. The lowest BCUT2D eigenvalue weighted by Gasteiger charge is -2.13. The van der Waals surface area contributed by atoms with Crippen molar-refractivity contribution in [3.8, 4) is 11.5 Å². The minimum atomic E-state index is 0.815. The van der Waals surface area contributed by atoms with Gasteiger partial charge in [-0.15, -0.1) is 0 Å². The molecule has 0 aliphatic heterocycles. The van der Waals surface area contributed by atoms with Crippen molar-refractivity contribution in [3.63, 3.8) is 0 Å². The zero-order chi connectivity index (χ0) is 15.1. The SMILES string of the molecule is CCCNCc1cc(Br)ccc1Oc1ccc(CC)cc1. The van der Waals surface area contributed by atoms with Gasteiger partial charge in [0.2, 0.25) is 0 Å². The molecule has 0 bridgehead atoms. The maximum Gasteiger partial charge on any atom is 0.131 e. The van der Waals surface area contributed by atoms with Gasteiger partial charge in [-0.3, -0.25) is 0 Å². The van der Waals surface area contributed by atoms with Crippen molar-refractivity contribution < 1.29 is 4.74 Å². The van der Waals surface area contributed by atoms with Crippen LogP contribution >= 0.6 is 15.9 Å². The Morgan fingerprint density at radius 3 is 2.48 bits per heavy atom. The van der Waals surface area contributed by atoms with Crippen LogP contribution in [0.2, 0.25) is 0 Å². The molecule has 0 saturated heterocycles. The normalized spacial score (nSPS) is 10.6. The predicted molar refractivity (Wildman–Crippen MR) is 92.0 cm³/mol. The summed E-state index contributed by atoms with van der Waals surface area (Å²) in [6.07, 6.45) is 2.17. The molecule has 0 amide bonds. The number of aryl methyl sites for hydroxylation is 1. The van der Waals surface area contributed by atoms with E-state index in [9.17, 15) is 0 Å². The summed E-state index contributed by atoms with van der Waals surface area (Å²) >= 11 is 3.53. The first-order valence-electron chi connectivity index (χ1n) is 7.49. The third kappa shape index (κ3) is 4.87. The van der Waals surface area contributed by atoms with E-state index in [0.717, 1.165) is 47.5 Å². The van der Waals surface area contributed by atoms with E-state index < -0.39 is 0 Å². The molecule has 0 radical (unpaired) electrons. The molecular formula is C18H22BrNO. The minimum absolute atomic E-state index is 0.815. The highest BCUT2D eigenvalue weighted by Gasteiger charge is 2.06. The van der Waals surface area contributed by atoms with Crippen LogP contribution in [-0.4, -0.2) is 6.54 Å². The van der Waals surface area contributed by atoms with Crippen LogP contribution in [0.5, 0.6) is 11.5 Å². The van der Waals surface area contributed by atoms with Gasteiger partial charge in [0.25, 0.3) is 0 Å². The van der Waals surface area contributed by atoms with E-state index in [4.69, 9.17) is 4.74 Å². The van der Waals surface area contributed by atoms with Gasteiger partial charge in [0.1, 0.15) is 11.5 Å². The van der Waals surface area contributed by atoms with E-state index in [1.165, 1.54) is 5.56 Å². The van der Waals surface area contributed by atoms with Gasteiger partial charge in [0.15, 0.2) is 0 Å². The second-order valence-electron chi connectivity index (χ2n) is 5.03. The average molecular weight is 348 g/mol. The van der Waals surface area contributed by atoms with Crippen molar-refractivity contribution in [2.24, 2.45) is 0 Å². The Morgan fingerprint density at radius 2 is 1.81 bits per heavy atom. The lowest BCUT2D eigenvalue weighted by molar-refractivity contribution is 0.472. The van der Waals surface area contributed by atoms with Crippen molar-refractivity contribution in [1.29, 1.82) is 0 Å². The van der Waals surface area contributed by atoms with Crippen LogP contribution in [0.1, 0.15) is 31.4 Å². The molecule has 3 heteroatoms. The van der Waals surface area contributed by atoms with Gasteiger partial charge < -0.3 is 10.1 Å². The van der Waals surface area contributed by atoms with Crippen LogP contribution in [0.3, 0.4) is 0 Å². The maximum absolute atomic E-state index is 6.03. The second-order valence-corrected chi connectivity index (χ2v) is 5.94. The molecule has 0 spiro atoms. The van der Waals surface area contributed by atoms with Crippen molar-refractivity contribution in [3.05, 3.63) is 58.1 Å². The third-order valence-corrected chi connectivity index (χ3v) is 3.82. The number of hydrogen-bond donors (Lipinski definition) is 1. The summed E-state index contributed by atoms with van der Waals surface area (Å²) < 4.78 is 7.11. The monoisotopic (exact) mass is 347 g/mol. The van der Waals surface area contributed by atoms with Gasteiger partial charge in [-0.2, -0.15) is 0 Å². The molecule has 1 N–H and O–H groups in total. The molecule has 2 nitrogen and oxygen atoms in total. The Hall–Kier alpha value is -1.32. The summed E-state index contributed by atoms with van der Waals surface area (Å²) in [5.74, 6) is 1.79. The molecule has 112 valence electrons.